The Kier molecular flexibility index (Phi) is 5.02. The molecule has 1 saturated heterocycles. The lowest BCUT2D eigenvalue weighted by Gasteiger charge is -2.28. The summed E-state index contributed by atoms with van der Waals surface area (Å²) in [6, 6.07) is 5.62. The van der Waals surface area contributed by atoms with Crippen LogP contribution in [0.2, 0.25) is 0 Å². The van der Waals surface area contributed by atoms with Crippen LogP contribution in [0.5, 0.6) is 0 Å². The zero-order valence-electron chi connectivity index (χ0n) is 13.6. The van der Waals surface area contributed by atoms with Gasteiger partial charge in [0, 0.05) is 12.1 Å². The zero-order valence-corrected chi connectivity index (χ0v) is 13.6. The van der Waals surface area contributed by atoms with E-state index in [2.05, 4.69) is 36.2 Å². The molecule has 0 aromatic carbocycles. The first kappa shape index (κ1) is 15.1. The van der Waals surface area contributed by atoms with Crippen LogP contribution in [0.3, 0.4) is 0 Å². The molecule has 1 aliphatic heterocycles. The van der Waals surface area contributed by atoms with Crippen LogP contribution >= 0.6 is 0 Å². The molecule has 0 spiro atoms. The lowest BCUT2D eigenvalue weighted by molar-refractivity contribution is 0.170. The number of rotatable bonds is 6. The topological polar surface area (TPSA) is 28.4 Å². The predicted octanol–water partition coefficient (Wildman–Crippen LogP) is 3.93. The van der Waals surface area contributed by atoms with Crippen LogP contribution in [0.25, 0.3) is 0 Å². The quantitative estimate of drug-likeness (QED) is 0.860. The van der Waals surface area contributed by atoms with Crippen molar-refractivity contribution in [3.8, 4) is 0 Å². The second-order valence-corrected chi connectivity index (χ2v) is 7.13. The van der Waals surface area contributed by atoms with Crippen molar-refractivity contribution >= 4 is 0 Å². The van der Waals surface area contributed by atoms with E-state index >= 15 is 0 Å². The standard InChI is InChI=1S/C18H30N2O/c1-14(2)19-12-16-9-10-17(21-16)13-20-11-5-8-18(20)15-6-3-4-7-15/h9-10,14-15,18-19H,3-8,11-13H2,1-2H3. The van der Waals surface area contributed by atoms with Gasteiger partial charge in [-0.3, -0.25) is 4.90 Å². The van der Waals surface area contributed by atoms with Gasteiger partial charge in [-0.05, 0) is 50.3 Å². The fraction of sp³-hybridized carbons (Fsp3) is 0.778. The highest BCUT2D eigenvalue weighted by Crippen LogP contribution is 2.36. The Balaban J connectivity index is 1.55. The first-order valence-corrected chi connectivity index (χ1v) is 8.77. The van der Waals surface area contributed by atoms with Crippen LogP contribution in [-0.2, 0) is 13.1 Å². The fourth-order valence-corrected chi connectivity index (χ4v) is 4.03. The van der Waals surface area contributed by atoms with E-state index in [1.165, 1.54) is 45.1 Å². The molecule has 1 saturated carbocycles. The Bertz CT molecular complexity index is 434. The number of nitrogens with zero attached hydrogens (tertiary/aromatic N) is 1. The van der Waals surface area contributed by atoms with Crippen molar-refractivity contribution in [1.29, 1.82) is 0 Å². The molecular formula is C18H30N2O. The van der Waals surface area contributed by atoms with E-state index in [9.17, 15) is 0 Å². The largest absolute Gasteiger partial charge is 0.463 e. The first-order valence-electron chi connectivity index (χ1n) is 8.77. The van der Waals surface area contributed by atoms with Crippen molar-refractivity contribution in [2.24, 2.45) is 5.92 Å². The molecule has 1 aliphatic carbocycles. The SMILES string of the molecule is CC(C)NCc1ccc(CN2CCCC2C2CCCC2)o1. The maximum Gasteiger partial charge on any atom is 0.118 e. The predicted molar refractivity (Wildman–Crippen MR) is 86.1 cm³/mol. The van der Waals surface area contributed by atoms with E-state index in [1.54, 1.807) is 0 Å². The van der Waals surface area contributed by atoms with Crippen molar-refractivity contribution in [1.82, 2.24) is 10.2 Å². The zero-order chi connectivity index (χ0) is 14.7. The Morgan fingerprint density at radius 2 is 1.90 bits per heavy atom. The summed E-state index contributed by atoms with van der Waals surface area (Å²) >= 11 is 0. The van der Waals surface area contributed by atoms with E-state index in [0.717, 1.165) is 36.6 Å². The van der Waals surface area contributed by atoms with Gasteiger partial charge in [-0.1, -0.05) is 26.7 Å². The number of nitrogens with one attached hydrogen (secondary N) is 1. The summed E-state index contributed by atoms with van der Waals surface area (Å²) in [5.74, 6) is 3.15. The molecule has 1 aromatic heterocycles. The highest BCUT2D eigenvalue weighted by atomic mass is 16.3. The Hall–Kier alpha value is -0.800. The van der Waals surface area contributed by atoms with Crippen molar-refractivity contribution < 1.29 is 4.42 Å². The Morgan fingerprint density at radius 3 is 2.67 bits per heavy atom. The van der Waals surface area contributed by atoms with Crippen molar-refractivity contribution in [3.05, 3.63) is 23.7 Å². The molecule has 1 aromatic rings. The molecule has 3 heteroatoms. The minimum absolute atomic E-state index is 0.504. The molecule has 3 nitrogen and oxygen atoms in total. The maximum absolute atomic E-state index is 6.00. The molecule has 0 bridgehead atoms. The van der Waals surface area contributed by atoms with Crippen LogP contribution in [0.1, 0.15) is 63.9 Å². The van der Waals surface area contributed by atoms with Gasteiger partial charge in [0.05, 0.1) is 13.1 Å². The molecule has 21 heavy (non-hydrogen) atoms. The van der Waals surface area contributed by atoms with Gasteiger partial charge >= 0.3 is 0 Å². The molecular weight excluding hydrogens is 260 g/mol. The summed E-state index contributed by atoms with van der Waals surface area (Å²) in [6.45, 7) is 7.43. The molecule has 1 N–H and O–H groups in total. The number of likely N-dealkylation sites (tertiary alicyclic amines) is 1. The van der Waals surface area contributed by atoms with E-state index in [-0.39, 0.29) is 0 Å². The van der Waals surface area contributed by atoms with E-state index in [0.29, 0.717) is 6.04 Å². The Morgan fingerprint density at radius 1 is 1.14 bits per heavy atom. The molecule has 1 unspecified atom stereocenters. The highest BCUT2D eigenvalue weighted by Gasteiger charge is 2.33. The van der Waals surface area contributed by atoms with Crippen molar-refractivity contribution in [3.63, 3.8) is 0 Å². The summed E-state index contributed by atoms with van der Waals surface area (Å²) < 4.78 is 6.00. The van der Waals surface area contributed by atoms with Gasteiger partial charge in [0.1, 0.15) is 11.5 Å². The van der Waals surface area contributed by atoms with Gasteiger partial charge in [0.2, 0.25) is 0 Å². The fourth-order valence-electron chi connectivity index (χ4n) is 4.03. The third kappa shape index (κ3) is 3.89. The summed E-state index contributed by atoms with van der Waals surface area (Å²) in [5.41, 5.74) is 0. The van der Waals surface area contributed by atoms with E-state index < -0.39 is 0 Å². The summed E-state index contributed by atoms with van der Waals surface area (Å²) in [7, 11) is 0. The number of hydrogen-bond donors (Lipinski definition) is 1. The van der Waals surface area contributed by atoms with Crippen LogP contribution < -0.4 is 5.32 Å². The number of furan rings is 1. The second-order valence-electron chi connectivity index (χ2n) is 7.13. The normalized spacial score (nSPS) is 24.4. The van der Waals surface area contributed by atoms with Crippen LogP contribution in [-0.4, -0.2) is 23.5 Å². The molecule has 2 fully saturated rings. The van der Waals surface area contributed by atoms with Crippen LogP contribution in [0.4, 0.5) is 0 Å². The summed E-state index contributed by atoms with van der Waals surface area (Å²) in [4.78, 5) is 2.68. The summed E-state index contributed by atoms with van der Waals surface area (Å²) in [6.07, 6.45) is 8.55. The number of hydrogen-bond acceptors (Lipinski definition) is 3. The maximum atomic E-state index is 6.00. The van der Waals surface area contributed by atoms with Gasteiger partial charge < -0.3 is 9.73 Å². The van der Waals surface area contributed by atoms with Crippen LogP contribution in [0.15, 0.2) is 16.5 Å². The monoisotopic (exact) mass is 290 g/mol. The second kappa shape index (κ2) is 6.97. The van der Waals surface area contributed by atoms with Gasteiger partial charge in [0.25, 0.3) is 0 Å². The lowest BCUT2D eigenvalue weighted by Crippen LogP contribution is -2.34. The minimum atomic E-state index is 0.504. The third-order valence-electron chi connectivity index (χ3n) is 5.12. The Labute approximate surface area is 129 Å². The summed E-state index contributed by atoms with van der Waals surface area (Å²) in [5, 5.41) is 3.41. The third-order valence-corrected chi connectivity index (χ3v) is 5.12. The highest BCUT2D eigenvalue weighted by molar-refractivity contribution is 5.08. The van der Waals surface area contributed by atoms with Crippen molar-refractivity contribution in [2.45, 2.75) is 77.5 Å². The molecule has 2 heterocycles. The van der Waals surface area contributed by atoms with Gasteiger partial charge in [-0.15, -0.1) is 0 Å². The smallest absolute Gasteiger partial charge is 0.118 e. The van der Waals surface area contributed by atoms with Gasteiger partial charge in [0.15, 0.2) is 0 Å². The van der Waals surface area contributed by atoms with E-state index in [4.69, 9.17) is 4.42 Å². The van der Waals surface area contributed by atoms with E-state index in [1.807, 2.05) is 0 Å². The molecule has 2 aliphatic rings. The average Bonchev–Trinajstić information content (AvgIpc) is 3.18. The minimum Gasteiger partial charge on any atom is -0.463 e. The van der Waals surface area contributed by atoms with Gasteiger partial charge in [-0.2, -0.15) is 0 Å². The molecule has 1 atom stereocenters. The lowest BCUT2D eigenvalue weighted by atomic mass is 9.96. The molecule has 3 rings (SSSR count). The average molecular weight is 290 g/mol. The molecule has 0 radical (unpaired) electrons. The molecule has 118 valence electrons. The van der Waals surface area contributed by atoms with Gasteiger partial charge in [-0.25, -0.2) is 0 Å². The first-order chi connectivity index (χ1) is 10.2. The van der Waals surface area contributed by atoms with Crippen molar-refractivity contribution in [2.75, 3.05) is 6.54 Å². The molecule has 0 amide bonds. The van der Waals surface area contributed by atoms with Crippen LogP contribution in [0, 0.1) is 5.92 Å².